The van der Waals surface area contributed by atoms with Crippen molar-refractivity contribution < 1.29 is 4.74 Å². The van der Waals surface area contributed by atoms with E-state index in [-0.39, 0.29) is 0 Å². The second-order valence-electron chi connectivity index (χ2n) is 3.99. The van der Waals surface area contributed by atoms with Crippen LogP contribution in [-0.2, 0) is 0 Å². The Morgan fingerprint density at radius 1 is 1.44 bits per heavy atom. The molecule has 0 fully saturated rings. The Morgan fingerprint density at radius 2 is 2.22 bits per heavy atom. The van der Waals surface area contributed by atoms with Crippen molar-refractivity contribution in [2.24, 2.45) is 0 Å². The molecule has 0 radical (unpaired) electrons. The number of rotatable bonds is 8. The third-order valence-electron chi connectivity index (χ3n) is 2.49. The van der Waals surface area contributed by atoms with Crippen molar-refractivity contribution in [1.29, 1.82) is 0 Å². The predicted octanol–water partition coefficient (Wildman–Crippen LogP) is 2.40. The number of nitrogen functional groups attached to an aromatic ring is 1. The molecule has 102 valence electrons. The minimum Gasteiger partial charge on any atom is -0.476 e. The van der Waals surface area contributed by atoms with Gasteiger partial charge < -0.3 is 15.8 Å². The molecule has 1 rings (SSSR count). The SMILES string of the molecule is CCCOc1ncnc(NC(CC)CSC)c1N. The topological polar surface area (TPSA) is 73.1 Å². The number of nitrogens with one attached hydrogen (secondary N) is 1. The highest BCUT2D eigenvalue weighted by atomic mass is 32.2. The van der Waals surface area contributed by atoms with Gasteiger partial charge in [-0.2, -0.15) is 16.7 Å². The average Bonchev–Trinajstić information content (AvgIpc) is 2.39. The maximum Gasteiger partial charge on any atom is 0.242 e. The van der Waals surface area contributed by atoms with Crippen LogP contribution in [0.2, 0.25) is 0 Å². The highest BCUT2D eigenvalue weighted by molar-refractivity contribution is 7.98. The third kappa shape index (κ3) is 4.25. The van der Waals surface area contributed by atoms with Crippen molar-refractivity contribution in [1.82, 2.24) is 9.97 Å². The summed E-state index contributed by atoms with van der Waals surface area (Å²) < 4.78 is 5.48. The summed E-state index contributed by atoms with van der Waals surface area (Å²) in [5.74, 6) is 2.15. The number of hydrogen-bond acceptors (Lipinski definition) is 6. The van der Waals surface area contributed by atoms with Crippen molar-refractivity contribution in [3.05, 3.63) is 6.33 Å². The van der Waals surface area contributed by atoms with E-state index < -0.39 is 0 Å². The Kier molecular flexibility index (Phi) is 6.64. The van der Waals surface area contributed by atoms with E-state index in [9.17, 15) is 0 Å². The van der Waals surface area contributed by atoms with Crippen LogP contribution in [0.15, 0.2) is 6.33 Å². The first-order valence-corrected chi connectivity index (χ1v) is 7.61. The molecule has 0 aliphatic carbocycles. The van der Waals surface area contributed by atoms with Crippen LogP contribution in [0.1, 0.15) is 26.7 Å². The Labute approximate surface area is 113 Å². The highest BCUT2D eigenvalue weighted by Crippen LogP contribution is 2.25. The molecule has 5 nitrogen and oxygen atoms in total. The lowest BCUT2D eigenvalue weighted by atomic mass is 10.2. The lowest BCUT2D eigenvalue weighted by Crippen LogP contribution is -2.22. The van der Waals surface area contributed by atoms with Crippen molar-refractivity contribution >= 4 is 23.3 Å². The van der Waals surface area contributed by atoms with Gasteiger partial charge in [0.05, 0.1) is 6.61 Å². The molecule has 1 unspecified atom stereocenters. The van der Waals surface area contributed by atoms with Crippen LogP contribution in [0.4, 0.5) is 11.5 Å². The van der Waals surface area contributed by atoms with Crippen LogP contribution in [0.25, 0.3) is 0 Å². The normalized spacial score (nSPS) is 12.2. The van der Waals surface area contributed by atoms with E-state index in [0.717, 1.165) is 18.6 Å². The summed E-state index contributed by atoms with van der Waals surface area (Å²) in [4.78, 5) is 8.23. The Bertz CT molecular complexity index is 362. The van der Waals surface area contributed by atoms with Gasteiger partial charge in [0.15, 0.2) is 5.82 Å². The minimum atomic E-state index is 0.358. The largest absolute Gasteiger partial charge is 0.476 e. The van der Waals surface area contributed by atoms with Crippen LogP contribution in [0.5, 0.6) is 5.88 Å². The summed E-state index contributed by atoms with van der Waals surface area (Å²) in [6, 6.07) is 0.358. The fraction of sp³-hybridized carbons (Fsp3) is 0.667. The van der Waals surface area contributed by atoms with E-state index in [1.165, 1.54) is 6.33 Å². The van der Waals surface area contributed by atoms with Gasteiger partial charge in [0.25, 0.3) is 0 Å². The highest BCUT2D eigenvalue weighted by Gasteiger charge is 2.12. The van der Waals surface area contributed by atoms with E-state index in [0.29, 0.717) is 30.0 Å². The number of ether oxygens (including phenoxy) is 1. The predicted molar refractivity (Wildman–Crippen MR) is 78.3 cm³/mol. The van der Waals surface area contributed by atoms with Crippen LogP contribution >= 0.6 is 11.8 Å². The second kappa shape index (κ2) is 8.02. The molecule has 0 saturated heterocycles. The van der Waals surface area contributed by atoms with Gasteiger partial charge in [0.1, 0.15) is 12.0 Å². The maximum absolute atomic E-state index is 6.00. The van der Waals surface area contributed by atoms with Gasteiger partial charge in [-0.1, -0.05) is 13.8 Å². The standard InChI is InChI=1S/C12H22N4OS/c1-4-6-17-12-10(13)11(14-8-15-12)16-9(5-2)7-18-3/h8-9H,4-7,13H2,1-3H3,(H,14,15,16). The Morgan fingerprint density at radius 3 is 2.83 bits per heavy atom. The summed E-state index contributed by atoms with van der Waals surface area (Å²) in [6.45, 7) is 4.80. The van der Waals surface area contributed by atoms with Gasteiger partial charge in [-0.15, -0.1) is 0 Å². The fourth-order valence-corrected chi connectivity index (χ4v) is 2.19. The van der Waals surface area contributed by atoms with Gasteiger partial charge >= 0.3 is 0 Å². The van der Waals surface area contributed by atoms with E-state index in [1.54, 1.807) is 11.8 Å². The molecular weight excluding hydrogens is 248 g/mol. The smallest absolute Gasteiger partial charge is 0.242 e. The van der Waals surface area contributed by atoms with Gasteiger partial charge in [0.2, 0.25) is 5.88 Å². The van der Waals surface area contributed by atoms with E-state index >= 15 is 0 Å². The zero-order valence-corrected chi connectivity index (χ0v) is 12.1. The van der Waals surface area contributed by atoms with Crippen LogP contribution in [0, 0.1) is 0 Å². The minimum absolute atomic E-state index is 0.358. The molecule has 18 heavy (non-hydrogen) atoms. The third-order valence-corrected chi connectivity index (χ3v) is 3.23. The molecule has 0 spiro atoms. The van der Waals surface area contributed by atoms with Gasteiger partial charge in [-0.05, 0) is 19.1 Å². The summed E-state index contributed by atoms with van der Waals surface area (Å²) in [7, 11) is 0. The zero-order chi connectivity index (χ0) is 13.4. The molecular formula is C12H22N4OS. The number of thioether (sulfide) groups is 1. The quantitative estimate of drug-likeness (QED) is 0.755. The van der Waals surface area contributed by atoms with Crippen LogP contribution in [0.3, 0.4) is 0 Å². The van der Waals surface area contributed by atoms with E-state index in [2.05, 4.69) is 28.5 Å². The van der Waals surface area contributed by atoms with E-state index in [1.807, 2.05) is 6.92 Å². The average molecular weight is 270 g/mol. The number of nitrogens with zero attached hydrogens (tertiary/aromatic N) is 2. The number of aromatic nitrogens is 2. The molecule has 1 aromatic rings. The summed E-state index contributed by atoms with van der Waals surface area (Å²) in [5.41, 5.74) is 6.50. The maximum atomic E-state index is 6.00. The van der Waals surface area contributed by atoms with Gasteiger partial charge in [-0.25, -0.2) is 4.98 Å². The molecule has 0 amide bonds. The molecule has 0 aliphatic rings. The van der Waals surface area contributed by atoms with Crippen molar-refractivity contribution in [2.45, 2.75) is 32.7 Å². The molecule has 1 atom stereocenters. The van der Waals surface area contributed by atoms with Crippen molar-refractivity contribution in [2.75, 3.05) is 29.7 Å². The molecule has 3 N–H and O–H groups in total. The molecule has 1 aromatic heterocycles. The first-order valence-electron chi connectivity index (χ1n) is 6.21. The summed E-state index contributed by atoms with van der Waals surface area (Å²) in [5, 5.41) is 3.34. The van der Waals surface area contributed by atoms with Crippen molar-refractivity contribution in [3.63, 3.8) is 0 Å². The Hall–Kier alpha value is -1.17. The first kappa shape index (κ1) is 14.9. The first-order chi connectivity index (χ1) is 8.72. The molecule has 1 heterocycles. The number of anilines is 2. The molecule has 0 aliphatic heterocycles. The van der Waals surface area contributed by atoms with Crippen molar-refractivity contribution in [3.8, 4) is 5.88 Å². The van der Waals surface area contributed by atoms with Gasteiger partial charge in [0, 0.05) is 11.8 Å². The summed E-state index contributed by atoms with van der Waals surface area (Å²) >= 11 is 1.80. The lowest BCUT2D eigenvalue weighted by molar-refractivity contribution is 0.306. The van der Waals surface area contributed by atoms with Crippen LogP contribution in [-0.4, -0.2) is 34.6 Å². The molecule has 0 aromatic carbocycles. The summed E-state index contributed by atoms with van der Waals surface area (Å²) in [6.07, 6.45) is 5.52. The number of nitrogens with two attached hydrogens (primary N) is 1. The Balaban J connectivity index is 2.75. The molecule has 0 bridgehead atoms. The molecule has 0 saturated carbocycles. The van der Waals surface area contributed by atoms with E-state index in [4.69, 9.17) is 10.5 Å². The number of hydrogen-bond donors (Lipinski definition) is 2. The van der Waals surface area contributed by atoms with Crippen LogP contribution < -0.4 is 15.8 Å². The lowest BCUT2D eigenvalue weighted by Gasteiger charge is -2.18. The monoisotopic (exact) mass is 270 g/mol. The van der Waals surface area contributed by atoms with Gasteiger partial charge in [-0.3, -0.25) is 0 Å². The molecule has 6 heteroatoms. The second-order valence-corrected chi connectivity index (χ2v) is 4.91. The zero-order valence-electron chi connectivity index (χ0n) is 11.3. The fourth-order valence-electron chi connectivity index (χ4n) is 1.46.